The topological polar surface area (TPSA) is 113 Å². The predicted molar refractivity (Wildman–Crippen MR) is 89.3 cm³/mol. The third-order valence-electron chi connectivity index (χ3n) is 3.52. The van der Waals surface area contributed by atoms with Gasteiger partial charge in [0.15, 0.2) is 0 Å². The van der Waals surface area contributed by atoms with Crippen LogP contribution >= 0.6 is 0 Å². The second-order valence-electron chi connectivity index (χ2n) is 5.70. The Morgan fingerprint density at radius 1 is 1.57 bits per heavy atom. The van der Waals surface area contributed by atoms with Gasteiger partial charge in [-0.3, -0.25) is 15.2 Å². The Bertz CT molecular complexity index is 589. The van der Waals surface area contributed by atoms with E-state index in [0.717, 1.165) is 18.8 Å². The number of nitrogens with two attached hydrogens (primary N) is 1. The Kier molecular flexibility index (Phi) is 5.84. The fourth-order valence-electron chi connectivity index (χ4n) is 2.02. The van der Waals surface area contributed by atoms with Gasteiger partial charge in [0.25, 0.3) is 5.91 Å². The molecule has 7 nitrogen and oxygen atoms in total. The van der Waals surface area contributed by atoms with Crippen LogP contribution in [0.25, 0.3) is 0 Å². The molecule has 2 rings (SSSR count). The maximum absolute atomic E-state index is 12.0. The molecule has 1 atom stereocenters. The van der Waals surface area contributed by atoms with E-state index in [0.29, 0.717) is 18.0 Å². The number of ether oxygens (including phenoxy) is 1. The minimum atomic E-state index is -0.515. The van der Waals surface area contributed by atoms with Crippen LogP contribution in [0.3, 0.4) is 0 Å². The van der Waals surface area contributed by atoms with Crippen molar-refractivity contribution >= 4 is 17.3 Å². The zero-order valence-corrected chi connectivity index (χ0v) is 13.4. The van der Waals surface area contributed by atoms with Crippen molar-refractivity contribution in [3.8, 4) is 0 Å². The van der Waals surface area contributed by atoms with Crippen LogP contribution in [0.2, 0.25) is 0 Å². The second kappa shape index (κ2) is 7.85. The lowest BCUT2D eigenvalue weighted by atomic mass is 10.1. The average Bonchev–Trinajstić information content (AvgIpc) is 2.56. The zero-order chi connectivity index (χ0) is 16.8. The number of aromatic nitrogens is 1. The van der Waals surface area contributed by atoms with E-state index in [4.69, 9.17) is 15.9 Å². The third-order valence-corrected chi connectivity index (χ3v) is 3.52. The van der Waals surface area contributed by atoms with Crippen LogP contribution in [-0.2, 0) is 9.53 Å². The molecule has 23 heavy (non-hydrogen) atoms. The Morgan fingerprint density at radius 3 is 2.91 bits per heavy atom. The van der Waals surface area contributed by atoms with Gasteiger partial charge in [0.05, 0.1) is 24.2 Å². The Hall–Kier alpha value is -2.25. The minimum Gasteiger partial charge on any atom is -0.402 e. The van der Waals surface area contributed by atoms with Gasteiger partial charge in [0.1, 0.15) is 11.8 Å². The molecular formula is C16H23N5O2. The van der Waals surface area contributed by atoms with Gasteiger partial charge in [0, 0.05) is 18.8 Å². The molecule has 1 aliphatic rings. The van der Waals surface area contributed by atoms with Crippen LogP contribution in [0.1, 0.15) is 25.6 Å². The number of hydrogen-bond acceptors (Lipinski definition) is 6. The highest BCUT2D eigenvalue weighted by molar-refractivity contribution is 6.46. The number of rotatable bonds is 5. The van der Waals surface area contributed by atoms with Crippen molar-refractivity contribution in [1.82, 2.24) is 10.3 Å². The maximum atomic E-state index is 12.0. The lowest BCUT2D eigenvalue weighted by Gasteiger charge is -2.23. The Balaban J connectivity index is 1.96. The summed E-state index contributed by atoms with van der Waals surface area (Å²) in [5, 5.41) is 13.6. The highest BCUT2D eigenvalue weighted by atomic mass is 16.5. The van der Waals surface area contributed by atoms with Crippen LogP contribution in [0.4, 0.5) is 5.69 Å². The van der Waals surface area contributed by atoms with Crippen LogP contribution < -0.4 is 16.4 Å². The summed E-state index contributed by atoms with van der Waals surface area (Å²) in [4.78, 5) is 16.3. The molecule has 5 N–H and O–H groups in total. The monoisotopic (exact) mass is 317 g/mol. The lowest BCUT2D eigenvalue weighted by molar-refractivity contribution is -0.110. The standard InChI is InChI=1S/C16H23N5O2/c1-10(2)12(17)7-13(18)16(22)21-11-3-4-14(20-8-11)15-9-19-5-6-23-15/h3-4,7-8,10,15,18-19H,5-6,9,17H2,1-2H3,(H,21,22)/t15-/m0/s1. The smallest absolute Gasteiger partial charge is 0.273 e. The fraction of sp³-hybridized carbons (Fsp3) is 0.438. The van der Waals surface area contributed by atoms with Crippen molar-refractivity contribution in [2.45, 2.75) is 20.0 Å². The number of carbonyl (C=O) groups excluding carboxylic acids is 1. The Labute approximate surface area is 135 Å². The molecule has 1 fully saturated rings. The van der Waals surface area contributed by atoms with Gasteiger partial charge >= 0.3 is 0 Å². The number of morpholine rings is 1. The van der Waals surface area contributed by atoms with Gasteiger partial charge in [0.2, 0.25) is 0 Å². The number of anilines is 1. The van der Waals surface area contributed by atoms with E-state index >= 15 is 0 Å². The summed E-state index contributed by atoms with van der Waals surface area (Å²) < 4.78 is 5.62. The highest BCUT2D eigenvalue weighted by Gasteiger charge is 2.17. The molecular weight excluding hydrogens is 294 g/mol. The van der Waals surface area contributed by atoms with Crippen molar-refractivity contribution in [3.05, 3.63) is 35.8 Å². The van der Waals surface area contributed by atoms with E-state index < -0.39 is 5.91 Å². The number of nitrogens with zero attached hydrogens (tertiary/aromatic N) is 1. The molecule has 7 heteroatoms. The van der Waals surface area contributed by atoms with E-state index in [1.165, 1.54) is 6.08 Å². The molecule has 0 bridgehead atoms. The van der Waals surface area contributed by atoms with Crippen molar-refractivity contribution in [2.24, 2.45) is 11.7 Å². The molecule has 0 saturated carbocycles. The molecule has 0 aromatic carbocycles. The summed E-state index contributed by atoms with van der Waals surface area (Å²) in [6.07, 6.45) is 2.87. The predicted octanol–water partition coefficient (Wildman–Crippen LogP) is 1.20. The van der Waals surface area contributed by atoms with Gasteiger partial charge in [-0.05, 0) is 24.1 Å². The SMILES string of the molecule is CC(C)C(N)=CC(=N)C(=O)Nc1ccc([C@@H]2CNCCO2)nc1. The quantitative estimate of drug-likeness (QED) is 0.609. The second-order valence-corrected chi connectivity index (χ2v) is 5.70. The number of pyridine rings is 1. The normalized spacial score (nSPS) is 18.7. The van der Waals surface area contributed by atoms with Crippen LogP contribution in [-0.4, -0.2) is 36.3 Å². The molecule has 1 saturated heterocycles. The Morgan fingerprint density at radius 2 is 2.35 bits per heavy atom. The van der Waals surface area contributed by atoms with Gasteiger partial charge in [-0.25, -0.2) is 0 Å². The molecule has 0 unspecified atom stereocenters. The number of hydrogen-bond donors (Lipinski definition) is 4. The number of carbonyl (C=O) groups is 1. The summed E-state index contributed by atoms with van der Waals surface area (Å²) in [5.41, 5.74) is 7.42. The van der Waals surface area contributed by atoms with Crippen molar-refractivity contribution < 1.29 is 9.53 Å². The van der Waals surface area contributed by atoms with Gasteiger partial charge < -0.3 is 21.1 Å². The number of amides is 1. The van der Waals surface area contributed by atoms with Crippen molar-refractivity contribution in [1.29, 1.82) is 5.41 Å². The van der Waals surface area contributed by atoms with Gasteiger partial charge in [-0.15, -0.1) is 0 Å². The lowest BCUT2D eigenvalue weighted by Crippen LogP contribution is -2.33. The van der Waals surface area contributed by atoms with Gasteiger partial charge in [-0.1, -0.05) is 13.8 Å². The van der Waals surface area contributed by atoms with E-state index in [1.807, 2.05) is 19.9 Å². The first-order chi connectivity index (χ1) is 11.0. The van der Waals surface area contributed by atoms with Gasteiger partial charge in [-0.2, -0.15) is 0 Å². The third kappa shape index (κ3) is 4.87. The molecule has 1 aliphatic heterocycles. The maximum Gasteiger partial charge on any atom is 0.273 e. The van der Waals surface area contributed by atoms with Crippen molar-refractivity contribution in [3.63, 3.8) is 0 Å². The van der Waals surface area contributed by atoms with Crippen LogP contribution in [0.15, 0.2) is 30.1 Å². The summed E-state index contributed by atoms with van der Waals surface area (Å²) in [6.45, 7) is 6.04. The molecule has 0 aliphatic carbocycles. The van der Waals surface area contributed by atoms with Crippen molar-refractivity contribution in [2.75, 3.05) is 25.0 Å². The summed E-state index contributed by atoms with van der Waals surface area (Å²) in [6, 6.07) is 3.57. The molecule has 0 spiro atoms. The molecule has 0 radical (unpaired) electrons. The molecule has 124 valence electrons. The number of allylic oxidation sites excluding steroid dienone is 1. The minimum absolute atomic E-state index is 0.0689. The molecule has 2 heterocycles. The first kappa shape index (κ1) is 17.1. The van der Waals surface area contributed by atoms with E-state index in [2.05, 4.69) is 15.6 Å². The highest BCUT2D eigenvalue weighted by Crippen LogP contribution is 2.18. The molecule has 1 aromatic rings. The van der Waals surface area contributed by atoms with Crippen LogP contribution in [0, 0.1) is 11.3 Å². The zero-order valence-electron chi connectivity index (χ0n) is 13.4. The summed E-state index contributed by atoms with van der Waals surface area (Å²) in [7, 11) is 0. The largest absolute Gasteiger partial charge is 0.402 e. The molecule has 1 aromatic heterocycles. The molecule has 1 amide bonds. The number of nitrogens with one attached hydrogen (secondary N) is 3. The summed E-state index contributed by atoms with van der Waals surface area (Å²) in [5.74, 6) is -0.424. The first-order valence-corrected chi connectivity index (χ1v) is 7.62. The van der Waals surface area contributed by atoms with E-state index in [1.54, 1.807) is 12.3 Å². The fourth-order valence-corrected chi connectivity index (χ4v) is 2.02. The van der Waals surface area contributed by atoms with E-state index in [9.17, 15) is 4.79 Å². The average molecular weight is 317 g/mol. The first-order valence-electron chi connectivity index (χ1n) is 7.62. The summed E-state index contributed by atoms with van der Waals surface area (Å²) >= 11 is 0. The van der Waals surface area contributed by atoms with E-state index in [-0.39, 0.29) is 17.7 Å². The van der Waals surface area contributed by atoms with Crippen LogP contribution in [0.5, 0.6) is 0 Å².